The molecule has 0 aromatic carbocycles. The zero-order chi connectivity index (χ0) is 47.2. The van der Waals surface area contributed by atoms with Crippen LogP contribution in [-0.2, 0) is 28.6 Å². The van der Waals surface area contributed by atoms with E-state index in [1.807, 2.05) is 0 Å². The molecule has 0 saturated carbocycles. The molecule has 0 aromatic rings. The lowest BCUT2D eigenvalue weighted by Gasteiger charge is -2.18. The number of hydrogen-bond donors (Lipinski definition) is 0. The summed E-state index contributed by atoms with van der Waals surface area (Å²) in [6.07, 6.45) is 69.6. The summed E-state index contributed by atoms with van der Waals surface area (Å²) in [5, 5.41) is 0. The van der Waals surface area contributed by atoms with Gasteiger partial charge in [0.25, 0.3) is 0 Å². The van der Waals surface area contributed by atoms with E-state index >= 15 is 0 Å². The standard InChI is InChI=1S/C59H98O6/c1-4-7-10-13-16-19-22-24-26-27-28-29-30-31-33-34-37-40-43-46-49-52-58(61)64-55-56(54-63-57(60)51-48-45-42-39-36-21-18-15-12-9-6-3)65-59(62)53-50-47-44-41-38-35-32-25-23-20-17-14-11-8-5-2/h7,10,15-16,18-19,24-26,28-29,31-33,37,40,56H,4-6,8-9,11-14,17,20-23,27,30,34-36,38-39,41-55H2,1-3H3/b10-7-,18-15-,19-16-,26-24-,29-28-,32-25-,33-31-,40-37-. The highest BCUT2D eigenvalue weighted by molar-refractivity contribution is 5.71. The van der Waals surface area contributed by atoms with Gasteiger partial charge >= 0.3 is 17.9 Å². The fourth-order valence-corrected chi connectivity index (χ4v) is 7.01. The van der Waals surface area contributed by atoms with Crippen molar-refractivity contribution >= 4 is 17.9 Å². The first kappa shape index (κ1) is 61.3. The molecule has 0 amide bonds. The van der Waals surface area contributed by atoms with Crippen molar-refractivity contribution in [1.29, 1.82) is 0 Å². The zero-order valence-electron chi connectivity index (χ0n) is 42.2. The third kappa shape index (κ3) is 51.2. The molecule has 0 aromatic heterocycles. The summed E-state index contributed by atoms with van der Waals surface area (Å²) in [6.45, 7) is 6.42. The van der Waals surface area contributed by atoms with Crippen molar-refractivity contribution in [3.8, 4) is 0 Å². The average Bonchev–Trinajstić information content (AvgIpc) is 3.30. The summed E-state index contributed by atoms with van der Waals surface area (Å²) < 4.78 is 16.8. The van der Waals surface area contributed by atoms with Gasteiger partial charge in [0.15, 0.2) is 6.10 Å². The molecular formula is C59H98O6. The second-order valence-corrected chi connectivity index (χ2v) is 17.4. The summed E-state index contributed by atoms with van der Waals surface area (Å²) in [5.74, 6) is -0.965. The minimum Gasteiger partial charge on any atom is -0.462 e. The number of carbonyl (C=O) groups excluding carboxylic acids is 3. The predicted molar refractivity (Wildman–Crippen MR) is 279 cm³/mol. The number of carbonyl (C=O) groups is 3. The van der Waals surface area contributed by atoms with Crippen LogP contribution in [0.5, 0.6) is 0 Å². The molecule has 0 bridgehead atoms. The van der Waals surface area contributed by atoms with Gasteiger partial charge in [-0.1, -0.05) is 201 Å². The van der Waals surface area contributed by atoms with Gasteiger partial charge in [0.2, 0.25) is 0 Å². The highest BCUT2D eigenvalue weighted by atomic mass is 16.6. The molecule has 0 fully saturated rings. The summed E-state index contributed by atoms with van der Waals surface area (Å²) in [7, 11) is 0. The highest BCUT2D eigenvalue weighted by Gasteiger charge is 2.19. The number of esters is 3. The van der Waals surface area contributed by atoms with Gasteiger partial charge in [-0.15, -0.1) is 0 Å². The van der Waals surface area contributed by atoms with Gasteiger partial charge in [-0.25, -0.2) is 0 Å². The molecule has 370 valence electrons. The highest BCUT2D eigenvalue weighted by Crippen LogP contribution is 2.13. The van der Waals surface area contributed by atoms with Crippen LogP contribution in [0.15, 0.2) is 97.2 Å². The quantitative estimate of drug-likeness (QED) is 0.0262. The van der Waals surface area contributed by atoms with Gasteiger partial charge in [0.1, 0.15) is 13.2 Å². The molecule has 0 rings (SSSR count). The Labute approximate surface area is 400 Å². The van der Waals surface area contributed by atoms with Crippen LogP contribution in [0.4, 0.5) is 0 Å². The Bertz CT molecular complexity index is 1310. The maximum absolute atomic E-state index is 12.8. The van der Waals surface area contributed by atoms with Crippen molar-refractivity contribution in [3.05, 3.63) is 97.2 Å². The Morgan fingerprint density at radius 2 is 0.615 bits per heavy atom. The Kier molecular flexibility index (Phi) is 50.0. The van der Waals surface area contributed by atoms with Gasteiger partial charge in [0.05, 0.1) is 0 Å². The van der Waals surface area contributed by atoms with Crippen molar-refractivity contribution in [3.63, 3.8) is 0 Å². The van der Waals surface area contributed by atoms with E-state index in [0.717, 1.165) is 122 Å². The molecule has 0 radical (unpaired) electrons. The van der Waals surface area contributed by atoms with Crippen LogP contribution in [0.3, 0.4) is 0 Å². The number of ether oxygens (including phenoxy) is 3. The molecule has 0 aliphatic rings. The minimum absolute atomic E-state index is 0.0999. The van der Waals surface area contributed by atoms with Crippen molar-refractivity contribution in [2.75, 3.05) is 13.2 Å². The van der Waals surface area contributed by atoms with Gasteiger partial charge in [-0.05, 0) is 116 Å². The molecule has 65 heavy (non-hydrogen) atoms. The largest absolute Gasteiger partial charge is 0.462 e. The molecule has 1 atom stereocenters. The van der Waals surface area contributed by atoms with Crippen LogP contribution >= 0.6 is 0 Å². The molecule has 6 nitrogen and oxygen atoms in total. The number of hydrogen-bond acceptors (Lipinski definition) is 6. The molecule has 1 unspecified atom stereocenters. The van der Waals surface area contributed by atoms with Gasteiger partial charge < -0.3 is 14.2 Å². The van der Waals surface area contributed by atoms with E-state index < -0.39 is 6.10 Å². The molecule has 0 N–H and O–H groups in total. The van der Waals surface area contributed by atoms with Gasteiger partial charge in [0, 0.05) is 19.3 Å². The minimum atomic E-state index is -0.803. The maximum Gasteiger partial charge on any atom is 0.306 e. The molecule has 0 heterocycles. The van der Waals surface area contributed by atoms with Crippen LogP contribution in [-0.4, -0.2) is 37.2 Å². The Hall–Kier alpha value is -3.67. The Morgan fingerprint density at radius 3 is 1.03 bits per heavy atom. The topological polar surface area (TPSA) is 78.9 Å². The SMILES string of the molecule is CC/C=C\C/C=C\C/C=C\C/C=C\C/C=C\C/C=C\CCCCC(=O)OCC(COC(=O)CCCCCCC/C=C\CCCC)OC(=O)CCCCCCC/C=C\CCCCCCCC. The normalized spacial score (nSPS) is 12.8. The summed E-state index contributed by atoms with van der Waals surface area (Å²) in [5.41, 5.74) is 0. The Morgan fingerprint density at radius 1 is 0.323 bits per heavy atom. The van der Waals surface area contributed by atoms with Crippen molar-refractivity contribution in [1.82, 2.24) is 0 Å². The van der Waals surface area contributed by atoms with Crippen LogP contribution in [0.1, 0.15) is 239 Å². The molecule has 6 heteroatoms. The van der Waals surface area contributed by atoms with E-state index in [9.17, 15) is 14.4 Å². The van der Waals surface area contributed by atoms with E-state index in [0.29, 0.717) is 19.3 Å². The number of rotatable bonds is 47. The molecule has 0 aliphatic carbocycles. The van der Waals surface area contributed by atoms with E-state index in [-0.39, 0.29) is 31.1 Å². The number of allylic oxidation sites excluding steroid dienone is 16. The fourth-order valence-electron chi connectivity index (χ4n) is 7.01. The van der Waals surface area contributed by atoms with E-state index in [4.69, 9.17) is 14.2 Å². The first-order chi connectivity index (χ1) is 32.0. The molecule has 0 spiro atoms. The summed E-state index contributed by atoms with van der Waals surface area (Å²) in [4.78, 5) is 38.0. The van der Waals surface area contributed by atoms with Crippen LogP contribution in [0.2, 0.25) is 0 Å². The monoisotopic (exact) mass is 903 g/mol. The van der Waals surface area contributed by atoms with E-state index in [2.05, 4.69) is 118 Å². The maximum atomic E-state index is 12.8. The molecule has 0 saturated heterocycles. The second-order valence-electron chi connectivity index (χ2n) is 17.4. The first-order valence-electron chi connectivity index (χ1n) is 26.7. The van der Waals surface area contributed by atoms with E-state index in [1.165, 1.54) is 77.0 Å². The Balaban J connectivity index is 4.46. The van der Waals surface area contributed by atoms with Crippen LogP contribution in [0.25, 0.3) is 0 Å². The van der Waals surface area contributed by atoms with Crippen LogP contribution < -0.4 is 0 Å². The van der Waals surface area contributed by atoms with E-state index in [1.54, 1.807) is 0 Å². The predicted octanol–water partition coefficient (Wildman–Crippen LogP) is 17.8. The molecule has 0 aliphatic heterocycles. The van der Waals surface area contributed by atoms with Crippen molar-refractivity contribution in [2.45, 2.75) is 245 Å². The average molecular weight is 903 g/mol. The summed E-state index contributed by atoms with van der Waals surface area (Å²) in [6, 6.07) is 0. The van der Waals surface area contributed by atoms with Crippen molar-refractivity contribution in [2.24, 2.45) is 0 Å². The third-order valence-corrected chi connectivity index (χ3v) is 11.0. The van der Waals surface area contributed by atoms with Gasteiger partial charge in [-0.2, -0.15) is 0 Å². The molecular weight excluding hydrogens is 805 g/mol. The smallest absolute Gasteiger partial charge is 0.306 e. The lowest BCUT2D eigenvalue weighted by molar-refractivity contribution is -0.167. The third-order valence-electron chi connectivity index (χ3n) is 11.0. The fraction of sp³-hybridized carbons (Fsp3) is 0.678. The second kappa shape index (κ2) is 52.9. The first-order valence-corrected chi connectivity index (χ1v) is 26.7. The number of unbranched alkanes of at least 4 members (excludes halogenated alkanes) is 20. The lowest BCUT2D eigenvalue weighted by Crippen LogP contribution is -2.30. The zero-order valence-corrected chi connectivity index (χ0v) is 42.2. The summed E-state index contributed by atoms with van der Waals surface area (Å²) >= 11 is 0. The van der Waals surface area contributed by atoms with Crippen molar-refractivity contribution < 1.29 is 28.6 Å². The van der Waals surface area contributed by atoms with Gasteiger partial charge in [-0.3, -0.25) is 14.4 Å². The van der Waals surface area contributed by atoms with Crippen LogP contribution in [0, 0.1) is 0 Å². The lowest BCUT2D eigenvalue weighted by atomic mass is 10.1.